The summed E-state index contributed by atoms with van der Waals surface area (Å²) in [6.07, 6.45) is -3.46. The van der Waals surface area contributed by atoms with Crippen molar-refractivity contribution in [2.75, 3.05) is 67.1 Å². The highest BCUT2D eigenvalue weighted by Crippen LogP contribution is 2.29. The number of halogens is 4. The van der Waals surface area contributed by atoms with E-state index in [1.54, 1.807) is 26.0 Å². The molecule has 7 nitrogen and oxygen atoms in total. The van der Waals surface area contributed by atoms with Crippen molar-refractivity contribution in [2.45, 2.75) is 19.1 Å². The van der Waals surface area contributed by atoms with Crippen molar-refractivity contribution in [3.05, 3.63) is 35.4 Å². The van der Waals surface area contributed by atoms with Crippen molar-refractivity contribution < 1.29 is 22.7 Å². The number of likely N-dealkylation sites (N-methyl/N-ethyl adjacent to an activating group) is 1. The highest BCUT2D eigenvalue weighted by molar-refractivity contribution is 14.0. The van der Waals surface area contributed by atoms with Crippen LogP contribution in [0.4, 0.5) is 13.2 Å². The molecule has 1 aliphatic rings. The first-order valence-electron chi connectivity index (χ1n) is 10.3. The molecule has 1 amide bonds. The molecule has 1 N–H and O–H groups in total. The van der Waals surface area contributed by atoms with Crippen LogP contribution in [-0.2, 0) is 22.3 Å². The van der Waals surface area contributed by atoms with E-state index < -0.39 is 11.7 Å². The van der Waals surface area contributed by atoms with Gasteiger partial charge in [-0.3, -0.25) is 9.69 Å². The van der Waals surface area contributed by atoms with E-state index >= 15 is 0 Å². The van der Waals surface area contributed by atoms with Crippen LogP contribution in [0, 0.1) is 0 Å². The molecule has 1 aromatic rings. The fraction of sp³-hybridized carbons (Fsp3) is 0.619. The first-order chi connectivity index (χ1) is 14.7. The van der Waals surface area contributed by atoms with E-state index in [4.69, 9.17) is 4.74 Å². The number of ether oxygens (including phenoxy) is 1. The molecule has 1 aromatic carbocycles. The Morgan fingerprint density at radius 2 is 1.78 bits per heavy atom. The topological polar surface area (TPSA) is 60.4 Å². The van der Waals surface area contributed by atoms with Crippen LogP contribution in [0.15, 0.2) is 29.3 Å². The average Bonchev–Trinajstić information content (AvgIpc) is 2.73. The van der Waals surface area contributed by atoms with Gasteiger partial charge in [0.15, 0.2) is 5.96 Å². The van der Waals surface area contributed by atoms with E-state index in [0.717, 1.165) is 57.0 Å². The fourth-order valence-electron chi connectivity index (χ4n) is 3.07. The highest BCUT2D eigenvalue weighted by atomic mass is 127. The quantitative estimate of drug-likeness (QED) is 0.225. The van der Waals surface area contributed by atoms with Crippen LogP contribution in [-0.4, -0.2) is 93.6 Å². The first-order valence-corrected chi connectivity index (χ1v) is 10.3. The van der Waals surface area contributed by atoms with Gasteiger partial charge in [0, 0.05) is 47.3 Å². The number of carbonyl (C=O) groups is 1. The van der Waals surface area contributed by atoms with Crippen LogP contribution in [0.3, 0.4) is 0 Å². The summed E-state index contributed by atoms with van der Waals surface area (Å²) in [7, 11) is 5.13. The smallest absolute Gasteiger partial charge is 0.379 e. The standard InChI is InChI=1S/C21H32F3N5O2.HI/c1-27(2)19(30)15-26-20(25-9-4-10-29-11-13-31-14-12-29)28(3)16-17-5-7-18(8-6-17)21(22,23)24;/h5-8H,4,9-16H2,1-3H3,(H,25,26);1H. The summed E-state index contributed by atoms with van der Waals surface area (Å²) < 4.78 is 43.7. The van der Waals surface area contributed by atoms with Crippen LogP contribution in [0.1, 0.15) is 17.5 Å². The summed E-state index contributed by atoms with van der Waals surface area (Å²) in [6, 6.07) is 5.07. The molecule has 0 aliphatic carbocycles. The molecule has 2 rings (SSSR count). The van der Waals surface area contributed by atoms with Crippen molar-refractivity contribution in [3.63, 3.8) is 0 Å². The van der Waals surface area contributed by atoms with Crippen LogP contribution >= 0.6 is 24.0 Å². The molecule has 0 saturated carbocycles. The number of nitrogens with one attached hydrogen (secondary N) is 1. The van der Waals surface area contributed by atoms with Crippen molar-refractivity contribution in [3.8, 4) is 0 Å². The van der Waals surface area contributed by atoms with E-state index in [9.17, 15) is 18.0 Å². The van der Waals surface area contributed by atoms with Gasteiger partial charge in [-0.15, -0.1) is 24.0 Å². The van der Waals surface area contributed by atoms with E-state index in [0.29, 0.717) is 19.0 Å². The van der Waals surface area contributed by atoms with Gasteiger partial charge in [0.2, 0.25) is 5.91 Å². The van der Waals surface area contributed by atoms with Gasteiger partial charge < -0.3 is 19.9 Å². The van der Waals surface area contributed by atoms with Gasteiger partial charge in [-0.2, -0.15) is 13.2 Å². The minimum absolute atomic E-state index is 0. The summed E-state index contributed by atoms with van der Waals surface area (Å²) >= 11 is 0. The molecular formula is C21H33F3IN5O2. The van der Waals surface area contributed by atoms with Gasteiger partial charge in [-0.05, 0) is 30.7 Å². The number of carbonyl (C=O) groups excluding carboxylic acids is 1. The number of amides is 1. The molecule has 11 heteroatoms. The first kappa shape index (κ1) is 28.4. The number of alkyl halides is 3. The molecule has 1 fully saturated rings. The normalized spacial score (nSPS) is 15.1. The van der Waals surface area contributed by atoms with Crippen LogP contribution < -0.4 is 5.32 Å². The van der Waals surface area contributed by atoms with Gasteiger partial charge in [-0.1, -0.05) is 12.1 Å². The summed E-state index contributed by atoms with van der Waals surface area (Å²) in [4.78, 5) is 22.0. The number of hydrogen-bond donors (Lipinski definition) is 1. The number of nitrogens with zero attached hydrogens (tertiary/aromatic N) is 4. The van der Waals surface area contributed by atoms with Crippen molar-refractivity contribution in [1.82, 2.24) is 20.0 Å². The SMILES string of the molecule is CN(C)C(=O)CN=C(NCCCN1CCOCC1)N(C)Cc1ccc(C(F)(F)F)cc1.I. The molecule has 0 atom stereocenters. The molecule has 32 heavy (non-hydrogen) atoms. The summed E-state index contributed by atoms with van der Waals surface area (Å²) in [6.45, 7) is 5.32. The monoisotopic (exact) mass is 571 g/mol. The Hall–Kier alpha value is -1.60. The molecule has 1 heterocycles. The number of aliphatic imine (C=N–C) groups is 1. The Morgan fingerprint density at radius 1 is 1.16 bits per heavy atom. The second-order valence-corrected chi connectivity index (χ2v) is 7.71. The average molecular weight is 571 g/mol. The molecule has 0 radical (unpaired) electrons. The molecule has 0 spiro atoms. The number of guanidine groups is 1. The van der Waals surface area contributed by atoms with Crippen molar-refractivity contribution >= 4 is 35.8 Å². The molecule has 1 saturated heterocycles. The Kier molecular flexibility index (Phi) is 12.3. The summed E-state index contributed by atoms with van der Waals surface area (Å²) in [5.41, 5.74) is 0.0443. The van der Waals surface area contributed by atoms with Gasteiger partial charge >= 0.3 is 6.18 Å². The summed E-state index contributed by atoms with van der Waals surface area (Å²) in [5, 5.41) is 3.28. The maximum absolute atomic E-state index is 12.8. The lowest BCUT2D eigenvalue weighted by atomic mass is 10.1. The lowest BCUT2D eigenvalue weighted by Crippen LogP contribution is -2.42. The predicted molar refractivity (Wildman–Crippen MR) is 129 cm³/mol. The Labute approximate surface area is 205 Å². The van der Waals surface area contributed by atoms with Gasteiger partial charge in [0.25, 0.3) is 0 Å². The second kappa shape index (κ2) is 13.8. The number of morpholine rings is 1. The van der Waals surface area contributed by atoms with Gasteiger partial charge in [0.05, 0.1) is 18.8 Å². The van der Waals surface area contributed by atoms with E-state index in [-0.39, 0.29) is 36.4 Å². The Bertz CT molecular complexity index is 723. The van der Waals surface area contributed by atoms with Crippen LogP contribution in [0.2, 0.25) is 0 Å². The minimum atomic E-state index is -4.36. The Balaban J connectivity index is 0.00000512. The van der Waals surface area contributed by atoms with Gasteiger partial charge in [0.1, 0.15) is 6.54 Å². The van der Waals surface area contributed by atoms with Gasteiger partial charge in [-0.25, -0.2) is 4.99 Å². The molecular weight excluding hydrogens is 538 g/mol. The molecule has 0 unspecified atom stereocenters. The maximum Gasteiger partial charge on any atom is 0.416 e. The van der Waals surface area contributed by atoms with E-state index in [2.05, 4.69) is 15.2 Å². The predicted octanol–water partition coefficient (Wildman–Crippen LogP) is 2.51. The number of benzene rings is 1. The molecule has 0 aromatic heterocycles. The van der Waals surface area contributed by atoms with Crippen LogP contribution in [0.25, 0.3) is 0 Å². The second-order valence-electron chi connectivity index (χ2n) is 7.71. The largest absolute Gasteiger partial charge is 0.416 e. The fourth-order valence-corrected chi connectivity index (χ4v) is 3.07. The zero-order valence-electron chi connectivity index (χ0n) is 18.8. The summed E-state index contributed by atoms with van der Waals surface area (Å²) in [5.74, 6) is 0.410. The van der Waals surface area contributed by atoms with E-state index in [1.807, 2.05) is 0 Å². The third-order valence-electron chi connectivity index (χ3n) is 4.96. The highest BCUT2D eigenvalue weighted by Gasteiger charge is 2.30. The minimum Gasteiger partial charge on any atom is -0.379 e. The zero-order valence-corrected chi connectivity index (χ0v) is 21.2. The lowest BCUT2D eigenvalue weighted by Gasteiger charge is -2.27. The third kappa shape index (κ3) is 9.90. The van der Waals surface area contributed by atoms with Crippen molar-refractivity contribution in [1.29, 1.82) is 0 Å². The molecule has 0 bridgehead atoms. The zero-order chi connectivity index (χ0) is 22.9. The number of hydrogen-bond acceptors (Lipinski definition) is 4. The maximum atomic E-state index is 12.8. The lowest BCUT2D eigenvalue weighted by molar-refractivity contribution is -0.137. The van der Waals surface area contributed by atoms with Crippen molar-refractivity contribution in [2.24, 2.45) is 4.99 Å². The van der Waals surface area contributed by atoms with Crippen LogP contribution in [0.5, 0.6) is 0 Å². The number of rotatable bonds is 8. The third-order valence-corrected chi connectivity index (χ3v) is 4.96. The molecule has 1 aliphatic heterocycles. The van der Waals surface area contributed by atoms with E-state index in [1.165, 1.54) is 17.0 Å². The Morgan fingerprint density at radius 3 is 2.34 bits per heavy atom. The molecule has 182 valence electrons.